The minimum absolute atomic E-state index is 0. The van der Waals surface area contributed by atoms with E-state index in [1.54, 1.807) is 13.8 Å². The number of amides is 2. The molecule has 0 bridgehead atoms. The molecule has 0 aromatic rings. The predicted molar refractivity (Wildman–Crippen MR) is 80.7 cm³/mol. The van der Waals surface area contributed by atoms with E-state index in [9.17, 15) is 9.59 Å². The molecule has 0 aromatic carbocycles. The highest BCUT2D eigenvalue weighted by Crippen LogP contribution is 2.36. The second-order valence-electron chi connectivity index (χ2n) is 6.00. The van der Waals surface area contributed by atoms with Gasteiger partial charge in [0.1, 0.15) is 0 Å². The first-order chi connectivity index (χ1) is 8.96. The second-order valence-corrected chi connectivity index (χ2v) is 6.00. The summed E-state index contributed by atoms with van der Waals surface area (Å²) >= 11 is 0. The number of hydrogen-bond donors (Lipinski definition) is 1. The number of carbonyl (C=O) groups excluding carboxylic acids is 2. The van der Waals surface area contributed by atoms with E-state index in [-0.39, 0.29) is 29.8 Å². The zero-order chi connectivity index (χ0) is 14.0. The van der Waals surface area contributed by atoms with E-state index in [0.717, 1.165) is 25.7 Å². The maximum atomic E-state index is 12.1. The molecule has 6 heteroatoms. The van der Waals surface area contributed by atoms with Crippen molar-refractivity contribution in [2.45, 2.75) is 57.5 Å². The van der Waals surface area contributed by atoms with E-state index in [1.807, 2.05) is 9.80 Å². The summed E-state index contributed by atoms with van der Waals surface area (Å²) in [6, 6.07) is -0.454. The van der Waals surface area contributed by atoms with Crippen LogP contribution >= 0.6 is 12.4 Å². The smallest absolute Gasteiger partial charge is 0.239 e. The van der Waals surface area contributed by atoms with Crippen LogP contribution in [0.15, 0.2) is 0 Å². The van der Waals surface area contributed by atoms with Crippen molar-refractivity contribution in [2.24, 2.45) is 5.73 Å². The van der Waals surface area contributed by atoms with Crippen molar-refractivity contribution in [3.8, 4) is 0 Å². The van der Waals surface area contributed by atoms with Gasteiger partial charge in [0.25, 0.3) is 0 Å². The van der Waals surface area contributed by atoms with Gasteiger partial charge in [0.05, 0.1) is 11.6 Å². The molecule has 116 valence electrons. The highest BCUT2D eigenvalue weighted by Gasteiger charge is 2.44. The lowest BCUT2D eigenvalue weighted by Gasteiger charge is -2.52. The molecule has 1 saturated carbocycles. The Morgan fingerprint density at radius 1 is 1.15 bits per heavy atom. The third-order valence-electron chi connectivity index (χ3n) is 4.52. The molecule has 0 aromatic heterocycles. The molecule has 2 amide bonds. The highest BCUT2D eigenvalue weighted by atomic mass is 35.5. The molecule has 2 rings (SSSR count). The Balaban J connectivity index is 0.00000200. The molecule has 1 unspecified atom stereocenters. The van der Waals surface area contributed by atoms with Crippen LogP contribution < -0.4 is 5.73 Å². The van der Waals surface area contributed by atoms with E-state index in [0.29, 0.717) is 19.6 Å². The number of carbonyl (C=O) groups is 2. The lowest BCUT2D eigenvalue weighted by molar-refractivity contribution is -0.150. The lowest BCUT2D eigenvalue weighted by Crippen LogP contribution is -2.66. The molecule has 2 aliphatic rings. The normalized spacial score (nSPS) is 23.1. The van der Waals surface area contributed by atoms with Gasteiger partial charge in [-0.15, -0.1) is 12.4 Å². The third-order valence-corrected chi connectivity index (χ3v) is 4.52. The topological polar surface area (TPSA) is 66.6 Å². The Morgan fingerprint density at radius 3 is 2.25 bits per heavy atom. The number of hydrogen-bond acceptors (Lipinski definition) is 3. The van der Waals surface area contributed by atoms with Gasteiger partial charge in [-0.3, -0.25) is 9.59 Å². The zero-order valence-electron chi connectivity index (χ0n) is 12.4. The molecule has 1 spiro atoms. The van der Waals surface area contributed by atoms with Gasteiger partial charge in [-0.2, -0.15) is 0 Å². The van der Waals surface area contributed by atoms with Crippen LogP contribution in [0.2, 0.25) is 0 Å². The van der Waals surface area contributed by atoms with Gasteiger partial charge in [-0.25, -0.2) is 0 Å². The fourth-order valence-electron chi connectivity index (χ4n) is 3.58. The summed E-state index contributed by atoms with van der Waals surface area (Å²) in [7, 11) is 0. The number of halogens is 1. The summed E-state index contributed by atoms with van der Waals surface area (Å²) in [5, 5.41) is 0. The quantitative estimate of drug-likeness (QED) is 0.790. The Morgan fingerprint density at radius 2 is 1.75 bits per heavy atom. The molecule has 1 saturated heterocycles. The maximum absolute atomic E-state index is 12.1. The standard InChI is InChI=1S/C14H25N3O2.ClH/c1-11(15)13(19)16-8-9-17(12(2)18)14(10-16)6-4-3-5-7-14;/h11H,3-10,15H2,1-2H3;1H. The number of rotatable bonds is 1. The van der Waals surface area contributed by atoms with Crippen LogP contribution in [0.5, 0.6) is 0 Å². The molecule has 20 heavy (non-hydrogen) atoms. The van der Waals surface area contributed by atoms with E-state index >= 15 is 0 Å². The van der Waals surface area contributed by atoms with Crippen molar-refractivity contribution in [3.05, 3.63) is 0 Å². The summed E-state index contributed by atoms with van der Waals surface area (Å²) in [6.07, 6.45) is 5.54. The molecule has 2 N–H and O–H groups in total. The van der Waals surface area contributed by atoms with Gasteiger partial charge < -0.3 is 15.5 Å². The van der Waals surface area contributed by atoms with Gasteiger partial charge in [0, 0.05) is 26.6 Å². The Hall–Kier alpha value is -0.810. The summed E-state index contributed by atoms with van der Waals surface area (Å²) in [6.45, 7) is 5.29. The van der Waals surface area contributed by atoms with Crippen LogP contribution in [0.4, 0.5) is 0 Å². The van der Waals surface area contributed by atoms with Crippen LogP contribution in [-0.2, 0) is 9.59 Å². The van der Waals surface area contributed by atoms with Crippen molar-refractivity contribution < 1.29 is 9.59 Å². The molecule has 1 aliphatic carbocycles. The van der Waals surface area contributed by atoms with Crippen molar-refractivity contribution in [1.82, 2.24) is 9.80 Å². The molecule has 1 heterocycles. The molecule has 0 radical (unpaired) electrons. The van der Waals surface area contributed by atoms with E-state index < -0.39 is 6.04 Å². The first-order valence-corrected chi connectivity index (χ1v) is 7.29. The monoisotopic (exact) mass is 303 g/mol. The van der Waals surface area contributed by atoms with Crippen LogP contribution in [0.1, 0.15) is 46.0 Å². The van der Waals surface area contributed by atoms with E-state index in [4.69, 9.17) is 5.73 Å². The van der Waals surface area contributed by atoms with Gasteiger partial charge in [-0.1, -0.05) is 19.3 Å². The fourth-order valence-corrected chi connectivity index (χ4v) is 3.58. The van der Waals surface area contributed by atoms with E-state index in [2.05, 4.69) is 0 Å². The van der Waals surface area contributed by atoms with Gasteiger partial charge in [0.2, 0.25) is 11.8 Å². The SMILES string of the molecule is CC(=O)N1CCN(C(=O)C(C)N)CC12CCCCC2.Cl. The number of nitrogens with two attached hydrogens (primary N) is 1. The van der Waals surface area contributed by atoms with Gasteiger partial charge in [-0.05, 0) is 19.8 Å². The van der Waals surface area contributed by atoms with Crippen molar-refractivity contribution >= 4 is 24.2 Å². The van der Waals surface area contributed by atoms with Crippen LogP contribution in [0.3, 0.4) is 0 Å². The highest BCUT2D eigenvalue weighted by molar-refractivity contribution is 5.85. The van der Waals surface area contributed by atoms with Crippen LogP contribution in [0.25, 0.3) is 0 Å². The predicted octanol–water partition coefficient (Wildman–Crippen LogP) is 1.15. The summed E-state index contributed by atoms with van der Waals surface area (Å²) in [5.41, 5.74) is 5.58. The van der Waals surface area contributed by atoms with Crippen molar-refractivity contribution in [1.29, 1.82) is 0 Å². The first kappa shape index (κ1) is 17.2. The van der Waals surface area contributed by atoms with Crippen LogP contribution in [0, 0.1) is 0 Å². The number of piperazine rings is 1. The average molecular weight is 304 g/mol. The molecule has 1 atom stereocenters. The molecule has 5 nitrogen and oxygen atoms in total. The summed E-state index contributed by atoms with van der Waals surface area (Å²) in [5.74, 6) is 0.142. The minimum Gasteiger partial charge on any atom is -0.337 e. The Labute approximate surface area is 127 Å². The van der Waals surface area contributed by atoms with Gasteiger partial charge >= 0.3 is 0 Å². The summed E-state index contributed by atoms with van der Waals surface area (Å²) in [4.78, 5) is 27.8. The van der Waals surface area contributed by atoms with Crippen molar-refractivity contribution in [3.63, 3.8) is 0 Å². The molecular weight excluding hydrogens is 278 g/mol. The number of nitrogens with zero attached hydrogens (tertiary/aromatic N) is 2. The largest absolute Gasteiger partial charge is 0.337 e. The molecule has 2 fully saturated rings. The van der Waals surface area contributed by atoms with Crippen LogP contribution in [-0.4, -0.2) is 52.8 Å². The lowest BCUT2D eigenvalue weighted by atomic mass is 9.78. The first-order valence-electron chi connectivity index (χ1n) is 7.29. The Kier molecular flexibility index (Phi) is 5.83. The Bertz CT molecular complexity index is 367. The average Bonchev–Trinajstić information content (AvgIpc) is 2.38. The third kappa shape index (κ3) is 3.26. The van der Waals surface area contributed by atoms with E-state index in [1.165, 1.54) is 6.42 Å². The van der Waals surface area contributed by atoms with Crippen molar-refractivity contribution in [2.75, 3.05) is 19.6 Å². The fraction of sp³-hybridized carbons (Fsp3) is 0.857. The second kappa shape index (κ2) is 6.76. The van der Waals surface area contributed by atoms with Gasteiger partial charge in [0.15, 0.2) is 0 Å². The molecule has 1 aliphatic heterocycles. The zero-order valence-corrected chi connectivity index (χ0v) is 13.2. The summed E-state index contributed by atoms with van der Waals surface area (Å²) < 4.78 is 0. The maximum Gasteiger partial charge on any atom is 0.239 e. The molecular formula is C14H26ClN3O2. The minimum atomic E-state index is -0.454.